The molecule has 2 N–H and O–H groups in total. The van der Waals surface area contributed by atoms with Crippen LogP contribution in [0.15, 0.2) is 24.4 Å². The van der Waals surface area contributed by atoms with Crippen LogP contribution in [0.25, 0.3) is 10.9 Å². The van der Waals surface area contributed by atoms with E-state index < -0.39 is 0 Å². The minimum atomic E-state index is 0.333. The van der Waals surface area contributed by atoms with Gasteiger partial charge in [-0.05, 0) is 18.2 Å². The number of nitrogens with zero attached hydrogens (tertiary/aromatic N) is 1. The second-order valence-electron chi connectivity index (χ2n) is 3.52. The lowest BCUT2D eigenvalue weighted by Gasteiger charge is -2.27. The zero-order valence-electron chi connectivity index (χ0n) is 7.66. The molecule has 0 saturated carbocycles. The summed E-state index contributed by atoms with van der Waals surface area (Å²) < 4.78 is 5.72. The molecule has 1 aliphatic heterocycles. The molecular weight excluding hydrogens is 178 g/mol. The maximum absolute atomic E-state index is 5.72. The predicted octanol–water partition coefficient (Wildman–Crippen LogP) is 0.913. The van der Waals surface area contributed by atoms with E-state index in [4.69, 9.17) is 4.74 Å². The van der Waals surface area contributed by atoms with Crippen LogP contribution in [0.2, 0.25) is 0 Å². The number of aromatic amines is 1. The number of benzene rings is 1. The average Bonchev–Trinajstić information content (AvgIpc) is 2.58. The largest absolute Gasteiger partial charge is 0.488 e. The summed E-state index contributed by atoms with van der Waals surface area (Å²) in [5.41, 5.74) is 1.05. The second kappa shape index (κ2) is 2.99. The highest BCUT2D eigenvalue weighted by Gasteiger charge is 2.18. The van der Waals surface area contributed by atoms with Crippen LogP contribution in [0.5, 0.6) is 5.75 Å². The van der Waals surface area contributed by atoms with Crippen LogP contribution >= 0.6 is 0 Å². The van der Waals surface area contributed by atoms with Gasteiger partial charge in [-0.3, -0.25) is 5.10 Å². The summed E-state index contributed by atoms with van der Waals surface area (Å²) >= 11 is 0. The molecule has 3 rings (SSSR count). The molecule has 0 amide bonds. The lowest BCUT2D eigenvalue weighted by atomic mass is 10.2. The van der Waals surface area contributed by atoms with Crippen molar-refractivity contribution in [2.45, 2.75) is 6.10 Å². The summed E-state index contributed by atoms with van der Waals surface area (Å²) in [6, 6.07) is 5.97. The molecule has 0 atom stereocenters. The topological polar surface area (TPSA) is 49.9 Å². The van der Waals surface area contributed by atoms with E-state index in [0.717, 1.165) is 29.7 Å². The van der Waals surface area contributed by atoms with Crippen LogP contribution in [0.4, 0.5) is 0 Å². The first-order valence-electron chi connectivity index (χ1n) is 4.72. The minimum absolute atomic E-state index is 0.333. The Labute approximate surface area is 81.3 Å². The third kappa shape index (κ3) is 1.24. The Morgan fingerprint density at radius 2 is 2.29 bits per heavy atom. The first kappa shape index (κ1) is 7.82. The number of hydrogen-bond donors (Lipinski definition) is 2. The van der Waals surface area contributed by atoms with E-state index in [2.05, 4.69) is 15.5 Å². The van der Waals surface area contributed by atoms with Crippen molar-refractivity contribution in [2.24, 2.45) is 0 Å². The van der Waals surface area contributed by atoms with Gasteiger partial charge in [-0.2, -0.15) is 5.10 Å². The molecule has 2 aromatic rings. The lowest BCUT2D eigenvalue weighted by molar-refractivity contribution is 0.142. The third-order valence-corrected chi connectivity index (χ3v) is 2.46. The van der Waals surface area contributed by atoms with Crippen molar-refractivity contribution >= 4 is 10.9 Å². The van der Waals surface area contributed by atoms with Crippen LogP contribution < -0.4 is 10.1 Å². The second-order valence-corrected chi connectivity index (χ2v) is 3.52. The van der Waals surface area contributed by atoms with Gasteiger partial charge in [0.05, 0.1) is 11.7 Å². The number of rotatable bonds is 2. The molecule has 0 bridgehead atoms. The SMILES string of the molecule is c1cc2[nH]ncc2cc1OC1CNC1. The molecule has 1 saturated heterocycles. The van der Waals surface area contributed by atoms with Gasteiger partial charge in [0.25, 0.3) is 0 Å². The molecule has 0 radical (unpaired) electrons. The molecule has 1 aromatic carbocycles. The molecule has 4 nitrogen and oxygen atoms in total. The molecule has 1 aliphatic rings. The van der Waals surface area contributed by atoms with Gasteiger partial charge in [0.15, 0.2) is 0 Å². The van der Waals surface area contributed by atoms with Crippen LogP contribution in [0.1, 0.15) is 0 Å². The minimum Gasteiger partial charge on any atom is -0.488 e. The van der Waals surface area contributed by atoms with Gasteiger partial charge >= 0.3 is 0 Å². The van der Waals surface area contributed by atoms with Crippen molar-refractivity contribution in [3.63, 3.8) is 0 Å². The smallest absolute Gasteiger partial charge is 0.123 e. The highest BCUT2D eigenvalue weighted by Crippen LogP contribution is 2.20. The number of hydrogen-bond acceptors (Lipinski definition) is 3. The van der Waals surface area contributed by atoms with Crippen LogP contribution in [0.3, 0.4) is 0 Å². The fourth-order valence-electron chi connectivity index (χ4n) is 1.53. The van der Waals surface area contributed by atoms with Gasteiger partial charge in [0.1, 0.15) is 11.9 Å². The number of fused-ring (bicyclic) bond motifs is 1. The highest BCUT2D eigenvalue weighted by molar-refractivity contribution is 5.79. The van der Waals surface area contributed by atoms with Crippen molar-refractivity contribution in [2.75, 3.05) is 13.1 Å². The standard InChI is InChI=1S/C10H11N3O/c1-2-10-7(4-12-13-10)3-8(1)14-9-5-11-6-9/h1-4,9,11H,5-6H2,(H,12,13). The van der Waals surface area contributed by atoms with Gasteiger partial charge in [0, 0.05) is 18.5 Å². The molecule has 14 heavy (non-hydrogen) atoms. The quantitative estimate of drug-likeness (QED) is 0.738. The predicted molar refractivity (Wildman–Crippen MR) is 53.4 cm³/mol. The van der Waals surface area contributed by atoms with E-state index >= 15 is 0 Å². The molecule has 1 fully saturated rings. The van der Waals surface area contributed by atoms with Crippen molar-refractivity contribution in [1.29, 1.82) is 0 Å². The lowest BCUT2D eigenvalue weighted by Crippen LogP contribution is -2.50. The monoisotopic (exact) mass is 189 g/mol. The summed E-state index contributed by atoms with van der Waals surface area (Å²) in [6.07, 6.45) is 2.14. The van der Waals surface area contributed by atoms with Gasteiger partial charge in [-0.1, -0.05) is 0 Å². The number of ether oxygens (including phenoxy) is 1. The van der Waals surface area contributed by atoms with Crippen LogP contribution in [-0.4, -0.2) is 29.4 Å². The summed E-state index contributed by atoms with van der Waals surface area (Å²) in [5, 5.41) is 11.1. The Bertz CT molecular complexity index is 447. The van der Waals surface area contributed by atoms with E-state index in [1.54, 1.807) is 6.20 Å². The summed E-state index contributed by atoms with van der Waals surface area (Å²) in [7, 11) is 0. The summed E-state index contributed by atoms with van der Waals surface area (Å²) in [5.74, 6) is 0.922. The molecule has 0 unspecified atom stereocenters. The number of nitrogens with one attached hydrogen (secondary N) is 2. The normalized spacial score (nSPS) is 16.9. The van der Waals surface area contributed by atoms with E-state index in [-0.39, 0.29) is 0 Å². The van der Waals surface area contributed by atoms with Crippen molar-refractivity contribution in [1.82, 2.24) is 15.5 Å². The molecule has 0 aliphatic carbocycles. The van der Waals surface area contributed by atoms with E-state index in [1.807, 2.05) is 18.2 Å². The highest BCUT2D eigenvalue weighted by atomic mass is 16.5. The van der Waals surface area contributed by atoms with Crippen LogP contribution in [0, 0.1) is 0 Å². The van der Waals surface area contributed by atoms with E-state index in [1.165, 1.54) is 0 Å². The Hall–Kier alpha value is -1.55. The average molecular weight is 189 g/mol. The third-order valence-electron chi connectivity index (χ3n) is 2.46. The zero-order valence-corrected chi connectivity index (χ0v) is 7.66. The molecule has 1 aromatic heterocycles. The fourth-order valence-corrected chi connectivity index (χ4v) is 1.53. The van der Waals surface area contributed by atoms with Crippen LogP contribution in [-0.2, 0) is 0 Å². The Kier molecular flexibility index (Phi) is 1.67. The molecule has 4 heteroatoms. The molecular formula is C10H11N3O. The molecule has 0 spiro atoms. The Balaban J connectivity index is 1.88. The zero-order chi connectivity index (χ0) is 9.38. The fraction of sp³-hybridized carbons (Fsp3) is 0.300. The number of aromatic nitrogens is 2. The van der Waals surface area contributed by atoms with Gasteiger partial charge < -0.3 is 10.1 Å². The first-order valence-corrected chi connectivity index (χ1v) is 4.72. The van der Waals surface area contributed by atoms with Gasteiger partial charge in [-0.25, -0.2) is 0 Å². The van der Waals surface area contributed by atoms with E-state index in [9.17, 15) is 0 Å². The Morgan fingerprint density at radius 1 is 1.36 bits per heavy atom. The van der Waals surface area contributed by atoms with Crippen molar-refractivity contribution in [3.8, 4) is 5.75 Å². The van der Waals surface area contributed by atoms with Crippen molar-refractivity contribution < 1.29 is 4.74 Å². The maximum Gasteiger partial charge on any atom is 0.123 e. The molecule has 2 heterocycles. The first-order chi connectivity index (χ1) is 6.92. The maximum atomic E-state index is 5.72. The summed E-state index contributed by atoms with van der Waals surface area (Å²) in [4.78, 5) is 0. The van der Waals surface area contributed by atoms with Gasteiger partial charge in [0.2, 0.25) is 0 Å². The van der Waals surface area contributed by atoms with Gasteiger partial charge in [-0.15, -0.1) is 0 Å². The number of H-pyrrole nitrogens is 1. The Morgan fingerprint density at radius 3 is 3.07 bits per heavy atom. The molecule has 72 valence electrons. The van der Waals surface area contributed by atoms with Crippen molar-refractivity contribution in [3.05, 3.63) is 24.4 Å². The summed E-state index contributed by atoms with van der Waals surface area (Å²) in [6.45, 7) is 1.90. The van der Waals surface area contributed by atoms with E-state index in [0.29, 0.717) is 6.10 Å².